The van der Waals surface area contributed by atoms with Gasteiger partial charge in [0.25, 0.3) is 5.91 Å². The number of amides is 1. The normalized spacial score (nSPS) is 20.2. The molecule has 186 valence electrons. The van der Waals surface area contributed by atoms with Crippen molar-refractivity contribution in [1.82, 2.24) is 20.1 Å². The minimum absolute atomic E-state index is 0.0664. The molecule has 2 fully saturated rings. The molecule has 1 unspecified atom stereocenters. The van der Waals surface area contributed by atoms with E-state index in [9.17, 15) is 9.90 Å². The molecule has 3 heterocycles. The fourth-order valence-corrected chi connectivity index (χ4v) is 5.15. The highest BCUT2D eigenvalue weighted by Crippen LogP contribution is 2.30. The second-order valence-electron chi connectivity index (χ2n) is 10.0. The van der Waals surface area contributed by atoms with Crippen LogP contribution in [0.25, 0.3) is 10.9 Å². The van der Waals surface area contributed by atoms with Crippen LogP contribution < -0.4 is 10.1 Å². The van der Waals surface area contributed by atoms with Crippen LogP contribution >= 0.6 is 0 Å². The largest absolute Gasteiger partial charge is 0.457 e. The molecule has 2 aliphatic rings. The molecule has 0 bridgehead atoms. The van der Waals surface area contributed by atoms with E-state index in [1.165, 1.54) is 5.56 Å². The van der Waals surface area contributed by atoms with E-state index in [4.69, 9.17) is 4.74 Å². The number of rotatable bonds is 7. The van der Waals surface area contributed by atoms with Crippen LogP contribution in [0.15, 0.2) is 48.5 Å². The van der Waals surface area contributed by atoms with Crippen molar-refractivity contribution in [3.05, 3.63) is 59.8 Å². The number of aliphatic hydroxyl groups is 1. The van der Waals surface area contributed by atoms with Crippen molar-refractivity contribution in [2.45, 2.75) is 44.8 Å². The number of aromatic amines is 1. The second kappa shape index (κ2) is 10.8. The van der Waals surface area contributed by atoms with E-state index in [1.54, 1.807) is 0 Å². The summed E-state index contributed by atoms with van der Waals surface area (Å²) in [4.78, 5) is 21.1. The highest BCUT2D eigenvalue weighted by Gasteiger charge is 2.23. The molecule has 0 radical (unpaired) electrons. The summed E-state index contributed by atoms with van der Waals surface area (Å²) in [5, 5.41) is 14.0. The van der Waals surface area contributed by atoms with Crippen molar-refractivity contribution >= 4 is 16.8 Å². The van der Waals surface area contributed by atoms with Gasteiger partial charge in [-0.25, -0.2) is 0 Å². The number of aromatic nitrogens is 1. The van der Waals surface area contributed by atoms with Crippen LogP contribution in [0.3, 0.4) is 0 Å². The number of nitrogens with zero attached hydrogens (tertiary/aromatic N) is 2. The summed E-state index contributed by atoms with van der Waals surface area (Å²) in [6, 6.07) is 15.9. The molecule has 2 aliphatic heterocycles. The number of benzene rings is 2. The first-order valence-corrected chi connectivity index (χ1v) is 12.8. The zero-order valence-electron chi connectivity index (χ0n) is 20.5. The molecule has 0 spiro atoms. The molecule has 2 aromatic carbocycles. The Balaban J connectivity index is 1.14. The number of carbonyl (C=O) groups is 1. The Bertz CT molecular complexity index is 1130. The van der Waals surface area contributed by atoms with E-state index in [0.29, 0.717) is 5.69 Å². The molecule has 7 heteroatoms. The number of aryl methyl sites for hydroxylation is 1. The number of likely N-dealkylation sites (tertiary alicyclic amines) is 2. The maximum absolute atomic E-state index is 13.0. The first-order valence-electron chi connectivity index (χ1n) is 12.8. The lowest BCUT2D eigenvalue weighted by Gasteiger charge is -2.35. The Labute approximate surface area is 207 Å². The van der Waals surface area contributed by atoms with E-state index in [2.05, 4.69) is 20.1 Å². The average Bonchev–Trinajstić information content (AvgIpc) is 3.31. The van der Waals surface area contributed by atoms with Crippen LogP contribution in [0, 0.1) is 6.92 Å². The van der Waals surface area contributed by atoms with Crippen LogP contribution in [0.4, 0.5) is 0 Å². The number of aliphatic hydroxyl groups excluding tert-OH is 1. The van der Waals surface area contributed by atoms with Gasteiger partial charge in [-0.15, -0.1) is 0 Å². The molecule has 3 N–H and O–H groups in total. The molecular formula is C28H36N4O3. The standard InChI is InChI=1S/C28H36N4O3/c1-20-7-9-23(10-8-20)35-27-6-2-5-25-24(27)18-26(30-25)28(34)29-21-11-14-31(15-12-21)16-17-32-13-3-4-22(33)19-32/h2,5-10,18,21-22,30,33H,3-4,11-17,19H2,1H3,(H,29,34). The van der Waals surface area contributed by atoms with Crippen LogP contribution in [-0.4, -0.2) is 77.2 Å². The molecular weight excluding hydrogens is 440 g/mol. The number of carbonyl (C=O) groups excluding carboxylic acids is 1. The van der Waals surface area contributed by atoms with Crippen LogP contribution in [0.5, 0.6) is 11.5 Å². The summed E-state index contributed by atoms with van der Waals surface area (Å²) in [7, 11) is 0. The minimum Gasteiger partial charge on any atom is -0.457 e. The Hall–Kier alpha value is -2.87. The zero-order chi connectivity index (χ0) is 24.2. The van der Waals surface area contributed by atoms with Gasteiger partial charge in [0.2, 0.25) is 0 Å². The monoisotopic (exact) mass is 476 g/mol. The van der Waals surface area contributed by atoms with Gasteiger partial charge in [-0.2, -0.15) is 0 Å². The number of nitrogens with one attached hydrogen (secondary N) is 2. The Morgan fingerprint density at radius 1 is 1.06 bits per heavy atom. The smallest absolute Gasteiger partial charge is 0.267 e. The molecule has 1 amide bonds. The number of fused-ring (bicyclic) bond motifs is 1. The highest BCUT2D eigenvalue weighted by molar-refractivity contribution is 5.99. The Kier molecular flexibility index (Phi) is 7.37. The topological polar surface area (TPSA) is 80.8 Å². The fourth-order valence-electron chi connectivity index (χ4n) is 5.15. The SMILES string of the molecule is Cc1ccc(Oc2cccc3[nH]c(C(=O)NC4CCN(CCN5CCCC(O)C5)CC4)cc23)cc1. The lowest BCUT2D eigenvalue weighted by Crippen LogP contribution is -2.47. The highest BCUT2D eigenvalue weighted by atomic mass is 16.5. The summed E-state index contributed by atoms with van der Waals surface area (Å²) in [6.07, 6.45) is 3.76. The number of ether oxygens (including phenoxy) is 1. The summed E-state index contributed by atoms with van der Waals surface area (Å²) in [5.74, 6) is 1.44. The van der Waals surface area contributed by atoms with E-state index in [0.717, 1.165) is 87.4 Å². The summed E-state index contributed by atoms with van der Waals surface area (Å²) >= 11 is 0. The van der Waals surface area contributed by atoms with Crippen LogP contribution in [0.2, 0.25) is 0 Å². The third-order valence-corrected chi connectivity index (χ3v) is 7.25. The first-order chi connectivity index (χ1) is 17.0. The van der Waals surface area contributed by atoms with Crippen LogP contribution in [-0.2, 0) is 0 Å². The molecule has 3 aromatic rings. The van der Waals surface area contributed by atoms with Gasteiger partial charge < -0.3 is 25.0 Å². The average molecular weight is 477 g/mol. The quantitative estimate of drug-likeness (QED) is 0.482. The van der Waals surface area contributed by atoms with Gasteiger partial charge in [-0.3, -0.25) is 9.69 Å². The molecule has 5 rings (SSSR count). The molecule has 2 saturated heterocycles. The third-order valence-electron chi connectivity index (χ3n) is 7.25. The lowest BCUT2D eigenvalue weighted by molar-refractivity contribution is 0.0617. The van der Waals surface area contributed by atoms with Crippen molar-refractivity contribution in [2.24, 2.45) is 0 Å². The van der Waals surface area contributed by atoms with Gasteiger partial charge >= 0.3 is 0 Å². The predicted molar refractivity (Wildman–Crippen MR) is 138 cm³/mol. The third kappa shape index (κ3) is 6.04. The Morgan fingerprint density at radius 3 is 2.60 bits per heavy atom. The molecule has 35 heavy (non-hydrogen) atoms. The van der Waals surface area contributed by atoms with Crippen molar-refractivity contribution in [3.8, 4) is 11.5 Å². The number of hydrogen-bond acceptors (Lipinski definition) is 5. The molecule has 7 nitrogen and oxygen atoms in total. The fraction of sp³-hybridized carbons (Fsp3) is 0.464. The van der Waals surface area contributed by atoms with E-state index >= 15 is 0 Å². The van der Waals surface area contributed by atoms with Gasteiger partial charge in [0.1, 0.15) is 17.2 Å². The molecule has 0 saturated carbocycles. The number of piperidine rings is 2. The van der Waals surface area contributed by atoms with Crippen LogP contribution in [0.1, 0.15) is 41.7 Å². The number of H-pyrrole nitrogens is 1. The first kappa shape index (κ1) is 23.9. The van der Waals surface area contributed by atoms with Gasteiger partial charge in [-0.1, -0.05) is 23.8 Å². The maximum atomic E-state index is 13.0. The van der Waals surface area contributed by atoms with Gasteiger partial charge in [0.15, 0.2) is 0 Å². The minimum atomic E-state index is -0.167. The molecule has 0 aliphatic carbocycles. The van der Waals surface area contributed by atoms with Gasteiger partial charge in [-0.05, 0) is 69.5 Å². The number of hydrogen-bond donors (Lipinski definition) is 3. The zero-order valence-corrected chi connectivity index (χ0v) is 20.5. The van der Waals surface area contributed by atoms with Crippen molar-refractivity contribution in [3.63, 3.8) is 0 Å². The van der Waals surface area contributed by atoms with Crippen molar-refractivity contribution < 1.29 is 14.6 Å². The van der Waals surface area contributed by atoms with E-state index in [1.807, 2.05) is 55.5 Å². The van der Waals surface area contributed by atoms with E-state index in [-0.39, 0.29) is 18.1 Å². The summed E-state index contributed by atoms with van der Waals surface area (Å²) in [5.41, 5.74) is 2.63. The van der Waals surface area contributed by atoms with E-state index < -0.39 is 0 Å². The van der Waals surface area contributed by atoms with Crippen molar-refractivity contribution in [2.75, 3.05) is 39.3 Å². The summed E-state index contributed by atoms with van der Waals surface area (Å²) < 4.78 is 6.10. The second-order valence-corrected chi connectivity index (χ2v) is 10.0. The maximum Gasteiger partial charge on any atom is 0.267 e. The lowest BCUT2D eigenvalue weighted by atomic mass is 10.0. The van der Waals surface area contributed by atoms with Crippen molar-refractivity contribution in [1.29, 1.82) is 0 Å². The Morgan fingerprint density at radius 2 is 1.83 bits per heavy atom. The molecule has 1 atom stereocenters. The predicted octanol–water partition coefficient (Wildman–Crippen LogP) is 3.92. The molecule has 1 aromatic heterocycles. The van der Waals surface area contributed by atoms with Gasteiger partial charge in [0.05, 0.1) is 6.10 Å². The van der Waals surface area contributed by atoms with Gasteiger partial charge in [0, 0.05) is 49.7 Å². The number of β-amino-alcohol motifs (C(OH)–C–C–N with tert-alkyl or cyclic N) is 1. The summed E-state index contributed by atoms with van der Waals surface area (Å²) in [6.45, 7) is 7.95.